The van der Waals surface area contributed by atoms with Crippen molar-refractivity contribution in [1.82, 2.24) is 0 Å². The first-order valence-electron chi connectivity index (χ1n) is 3.87. The Morgan fingerprint density at radius 1 is 1.58 bits per heavy atom. The maximum atomic E-state index is 11.3. The topological polar surface area (TPSA) is 39.0 Å². The van der Waals surface area contributed by atoms with E-state index in [1.807, 2.05) is 6.07 Å². The molecule has 0 unspecified atom stereocenters. The number of nitrogens with zero attached hydrogens (tertiary/aromatic N) is 1. The monoisotopic (exact) mass is 230 g/mol. The highest BCUT2D eigenvalue weighted by molar-refractivity contribution is 9.10. The molecule has 0 saturated heterocycles. The molecule has 1 heterocycles. The molecule has 0 saturated carbocycles. The Balaban J connectivity index is 2.78. The fourth-order valence-electron chi connectivity index (χ4n) is 0.853. The van der Waals surface area contributed by atoms with Crippen molar-refractivity contribution >= 4 is 21.7 Å². The quantitative estimate of drug-likeness (QED) is 0.490. The molecule has 0 spiro atoms. The Morgan fingerprint density at radius 2 is 2.33 bits per heavy atom. The number of aromatic nitrogens is 1. The molecule has 0 atom stereocenters. The van der Waals surface area contributed by atoms with Crippen LogP contribution in [0.2, 0.25) is 0 Å². The van der Waals surface area contributed by atoms with Gasteiger partial charge in [0.1, 0.15) is 0 Å². The second kappa shape index (κ2) is 4.30. The van der Waals surface area contributed by atoms with Crippen molar-refractivity contribution in [2.24, 2.45) is 0 Å². The summed E-state index contributed by atoms with van der Waals surface area (Å²) >= 11 is 3.15. The molecule has 0 bridgehead atoms. The number of rotatable bonds is 3. The fraction of sp³-hybridized carbons (Fsp3) is 0.375. The number of halogens is 1. The molecule has 1 aromatic heterocycles. The van der Waals surface area contributed by atoms with Crippen molar-refractivity contribution in [2.45, 2.75) is 13.3 Å². The van der Waals surface area contributed by atoms with Crippen molar-refractivity contribution in [1.29, 1.82) is 0 Å². The van der Waals surface area contributed by atoms with Gasteiger partial charge < -0.3 is 5.21 Å². The maximum Gasteiger partial charge on any atom is 0.278 e. The predicted octanol–water partition coefficient (Wildman–Crippen LogP) is 1.90. The summed E-state index contributed by atoms with van der Waals surface area (Å²) in [7, 11) is 0. The van der Waals surface area contributed by atoms with Gasteiger partial charge in [0.15, 0.2) is 4.60 Å². The third-order valence-corrected chi connectivity index (χ3v) is 2.04. The van der Waals surface area contributed by atoms with Crippen molar-refractivity contribution < 1.29 is 4.73 Å². The molecule has 66 valence electrons. The predicted molar refractivity (Wildman–Crippen MR) is 51.9 cm³/mol. The van der Waals surface area contributed by atoms with Crippen LogP contribution >= 0.6 is 15.9 Å². The van der Waals surface area contributed by atoms with Gasteiger partial charge in [-0.15, -0.1) is 0 Å². The molecule has 1 rings (SSSR count). The molecular weight excluding hydrogens is 220 g/mol. The molecule has 1 aromatic rings. The van der Waals surface area contributed by atoms with Gasteiger partial charge >= 0.3 is 0 Å². The molecule has 0 aliphatic rings. The van der Waals surface area contributed by atoms with Crippen LogP contribution in [0.1, 0.15) is 13.3 Å². The summed E-state index contributed by atoms with van der Waals surface area (Å²) in [6, 6.07) is 5.30. The molecule has 0 amide bonds. The fourth-order valence-corrected chi connectivity index (χ4v) is 1.20. The molecule has 4 heteroatoms. The average Bonchev–Trinajstić information content (AvgIpc) is 2.08. The summed E-state index contributed by atoms with van der Waals surface area (Å²) in [6.07, 6.45) is 1.01. The SMILES string of the molecule is CCCNc1cccc(Br)[n+]1[O-]. The van der Waals surface area contributed by atoms with Crippen LogP contribution in [0.5, 0.6) is 0 Å². The Kier molecular flexibility index (Phi) is 3.34. The minimum atomic E-state index is 0.531. The van der Waals surface area contributed by atoms with E-state index in [0.29, 0.717) is 10.4 Å². The summed E-state index contributed by atoms with van der Waals surface area (Å²) in [5.41, 5.74) is 0. The largest absolute Gasteiger partial charge is 0.710 e. The minimum Gasteiger partial charge on any atom is -0.710 e. The molecule has 0 aromatic carbocycles. The molecule has 3 nitrogen and oxygen atoms in total. The minimum absolute atomic E-state index is 0.531. The van der Waals surface area contributed by atoms with Gasteiger partial charge in [-0.2, -0.15) is 0 Å². The van der Waals surface area contributed by atoms with Gasteiger partial charge in [-0.1, -0.05) is 6.92 Å². The lowest BCUT2D eigenvalue weighted by Crippen LogP contribution is -2.32. The van der Waals surface area contributed by atoms with Crippen LogP contribution in [-0.4, -0.2) is 6.54 Å². The number of hydrogen-bond donors (Lipinski definition) is 1. The molecule has 0 radical (unpaired) electrons. The van der Waals surface area contributed by atoms with Gasteiger partial charge in [0, 0.05) is 6.07 Å². The first-order valence-corrected chi connectivity index (χ1v) is 4.67. The Morgan fingerprint density at radius 3 is 3.00 bits per heavy atom. The van der Waals surface area contributed by atoms with Gasteiger partial charge in [-0.05, 0) is 34.5 Å². The van der Waals surface area contributed by atoms with Crippen LogP contribution < -0.4 is 10.0 Å². The van der Waals surface area contributed by atoms with Crippen molar-refractivity contribution in [2.75, 3.05) is 11.9 Å². The second-order valence-corrected chi connectivity index (χ2v) is 3.27. The van der Waals surface area contributed by atoms with E-state index in [2.05, 4.69) is 28.2 Å². The van der Waals surface area contributed by atoms with Crippen LogP contribution in [0, 0.1) is 5.21 Å². The van der Waals surface area contributed by atoms with Crippen LogP contribution in [0.3, 0.4) is 0 Å². The highest BCUT2D eigenvalue weighted by Crippen LogP contribution is 2.06. The average molecular weight is 231 g/mol. The molecule has 0 aliphatic carbocycles. The zero-order valence-corrected chi connectivity index (χ0v) is 8.47. The smallest absolute Gasteiger partial charge is 0.278 e. The Hall–Kier alpha value is -0.770. The van der Waals surface area contributed by atoms with Crippen LogP contribution in [0.15, 0.2) is 22.8 Å². The van der Waals surface area contributed by atoms with E-state index in [4.69, 9.17) is 0 Å². The Labute approximate surface area is 80.1 Å². The lowest BCUT2D eigenvalue weighted by Gasteiger charge is -2.09. The molecular formula is C8H11BrN2O. The summed E-state index contributed by atoms with van der Waals surface area (Å²) < 4.78 is 1.36. The van der Waals surface area contributed by atoms with Crippen LogP contribution in [-0.2, 0) is 0 Å². The van der Waals surface area contributed by atoms with Gasteiger partial charge in [-0.25, -0.2) is 4.73 Å². The van der Waals surface area contributed by atoms with E-state index in [-0.39, 0.29) is 0 Å². The third kappa shape index (κ3) is 2.11. The number of hydrogen-bond acceptors (Lipinski definition) is 2. The zero-order chi connectivity index (χ0) is 8.97. The van der Waals surface area contributed by atoms with Crippen molar-refractivity contribution in [3.05, 3.63) is 28.0 Å². The number of anilines is 1. The van der Waals surface area contributed by atoms with Gasteiger partial charge in [0.05, 0.1) is 6.54 Å². The van der Waals surface area contributed by atoms with Gasteiger partial charge in [-0.3, -0.25) is 5.32 Å². The van der Waals surface area contributed by atoms with Crippen LogP contribution in [0.25, 0.3) is 0 Å². The highest BCUT2D eigenvalue weighted by atomic mass is 79.9. The summed E-state index contributed by atoms with van der Waals surface area (Å²) in [6.45, 7) is 2.87. The molecule has 1 N–H and O–H groups in total. The Bertz CT molecular complexity index is 265. The van der Waals surface area contributed by atoms with E-state index in [1.165, 1.54) is 0 Å². The number of nitrogens with one attached hydrogen (secondary N) is 1. The highest BCUT2D eigenvalue weighted by Gasteiger charge is 2.03. The van der Waals surface area contributed by atoms with E-state index < -0.39 is 0 Å². The zero-order valence-electron chi connectivity index (χ0n) is 6.88. The maximum absolute atomic E-state index is 11.3. The normalized spacial score (nSPS) is 9.83. The first kappa shape index (κ1) is 9.32. The number of pyridine rings is 1. The third-order valence-electron chi connectivity index (χ3n) is 1.46. The first-order chi connectivity index (χ1) is 5.75. The van der Waals surface area contributed by atoms with E-state index in [0.717, 1.165) is 17.7 Å². The molecule has 12 heavy (non-hydrogen) atoms. The van der Waals surface area contributed by atoms with Crippen molar-refractivity contribution in [3.63, 3.8) is 0 Å². The summed E-state index contributed by atoms with van der Waals surface area (Å²) in [4.78, 5) is 0. The van der Waals surface area contributed by atoms with E-state index >= 15 is 0 Å². The van der Waals surface area contributed by atoms with Crippen molar-refractivity contribution in [3.8, 4) is 0 Å². The molecule has 0 fully saturated rings. The van der Waals surface area contributed by atoms with E-state index in [1.54, 1.807) is 12.1 Å². The lowest BCUT2D eigenvalue weighted by atomic mass is 10.4. The van der Waals surface area contributed by atoms with Gasteiger partial charge in [0.2, 0.25) is 0 Å². The standard InChI is InChI=1S/C8H11BrN2O/c1-2-6-10-8-5-3-4-7(9)11(8)12/h3-5,10H,2,6H2,1H3. The van der Waals surface area contributed by atoms with Gasteiger partial charge in [0.25, 0.3) is 5.82 Å². The summed E-state index contributed by atoms with van der Waals surface area (Å²) in [5.74, 6) is 0.589. The molecule has 0 aliphatic heterocycles. The lowest BCUT2D eigenvalue weighted by molar-refractivity contribution is -0.602. The second-order valence-electron chi connectivity index (χ2n) is 2.45. The van der Waals surface area contributed by atoms with Crippen LogP contribution in [0.4, 0.5) is 5.82 Å². The van der Waals surface area contributed by atoms with E-state index in [9.17, 15) is 5.21 Å². The summed E-state index contributed by atoms with van der Waals surface area (Å²) in [5, 5.41) is 14.3.